The van der Waals surface area contributed by atoms with Crippen molar-refractivity contribution < 1.29 is 9.59 Å². The fourth-order valence-corrected chi connectivity index (χ4v) is 4.93. The van der Waals surface area contributed by atoms with Crippen LogP contribution in [0.1, 0.15) is 52.0 Å². The van der Waals surface area contributed by atoms with Crippen LogP contribution in [0.5, 0.6) is 0 Å². The van der Waals surface area contributed by atoms with Crippen molar-refractivity contribution in [3.05, 3.63) is 29.8 Å². The summed E-state index contributed by atoms with van der Waals surface area (Å²) in [6.07, 6.45) is 4.56. The van der Waals surface area contributed by atoms with Crippen molar-refractivity contribution in [3.8, 4) is 0 Å². The molecule has 4 rings (SSSR count). The van der Waals surface area contributed by atoms with Crippen molar-refractivity contribution >= 4 is 23.3 Å². The molecule has 2 N–H and O–H groups in total. The first-order chi connectivity index (χ1) is 14.0. The van der Waals surface area contributed by atoms with Crippen LogP contribution in [-0.2, 0) is 16.0 Å². The van der Waals surface area contributed by atoms with Gasteiger partial charge in [-0.3, -0.25) is 15.0 Å². The van der Waals surface area contributed by atoms with E-state index in [1.165, 1.54) is 0 Å². The predicted octanol–water partition coefficient (Wildman–Crippen LogP) is 2.54. The second-order valence-electron chi connectivity index (χ2n) is 8.51. The molecule has 7 heteroatoms. The van der Waals surface area contributed by atoms with Crippen molar-refractivity contribution in [2.24, 2.45) is 11.0 Å². The molecule has 156 valence electrons. The van der Waals surface area contributed by atoms with E-state index >= 15 is 0 Å². The number of nitrogens with one attached hydrogen (secondary N) is 2. The number of carbonyl (C=O) groups is 2. The summed E-state index contributed by atoms with van der Waals surface area (Å²) < 4.78 is 0. The molecule has 0 radical (unpaired) electrons. The third-order valence-corrected chi connectivity index (χ3v) is 6.32. The van der Waals surface area contributed by atoms with E-state index in [9.17, 15) is 9.59 Å². The highest BCUT2D eigenvalue weighted by atomic mass is 16.2. The maximum absolute atomic E-state index is 13.3. The Morgan fingerprint density at radius 3 is 2.69 bits per heavy atom. The monoisotopic (exact) mass is 397 g/mol. The van der Waals surface area contributed by atoms with Gasteiger partial charge >= 0.3 is 0 Å². The summed E-state index contributed by atoms with van der Waals surface area (Å²) in [7, 11) is 0. The van der Waals surface area contributed by atoms with E-state index in [-0.39, 0.29) is 36.4 Å². The van der Waals surface area contributed by atoms with Crippen LogP contribution in [-0.4, -0.2) is 52.2 Å². The smallest absolute Gasteiger partial charge is 0.268 e. The van der Waals surface area contributed by atoms with E-state index in [2.05, 4.69) is 41.5 Å². The van der Waals surface area contributed by atoms with E-state index in [0.717, 1.165) is 49.2 Å². The van der Waals surface area contributed by atoms with Crippen molar-refractivity contribution in [1.29, 1.82) is 0 Å². The minimum atomic E-state index is -0.484. The lowest BCUT2D eigenvalue weighted by Gasteiger charge is -2.51. The van der Waals surface area contributed by atoms with Crippen molar-refractivity contribution in [3.63, 3.8) is 0 Å². The number of carbonyl (C=O) groups excluding carboxylic acids is 2. The molecule has 7 nitrogen and oxygen atoms in total. The third-order valence-electron chi connectivity index (χ3n) is 6.32. The lowest BCUT2D eigenvalue weighted by Crippen LogP contribution is -2.70. The molecule has 0 bridgehead atoms. The summed E-state index contributed by atoms with van der Waals surface area (Å²) in [5, 5.41) is 7.49. The number of hydrogen-bond acceptors (Lipinski definition) is 5. The van der Waals surface area contributed by atoms with Crippen LogP contribution in [0.3, 0.4) is 0 Å². The van der Waals surface area contributed by atoms with Crippen LogP contribution >= 0.6 is 0 Å². The summed E-state index contributed by atoms with van der Waals surface area (Å²) in [5.74, 6) is 1.02. The number of hydrogen-bond donors (Lipinski definition) is 2. The number of piperazine rings is 1. The number of para-hydroxylation sites is 1. The first-order valence-corrected chi connectivity index (χ1v) is 10.8. The zero-order chi connectivity index (χ0) is 20.5. The molecule has 0 spiro atoms. The van der Waals surface area contributed by atoms with E-state index in [0.29, 0.717) is 0 Å². The van der Waals surface area contributed by atoms with Gasteiger partial charge in [0, 0.05) is 11.6 Å². The molecule has 3 aliphatic rings. The minimum Gasteiger partial charge on any atom is -0.325 e. The fraction of sp³-hybridized carbons (Fsp3) is 0.591. The summed E-state index contributed by atoms with van der Waals surface area (Å²) in [5.41, 5.74) is 4.96. The van der Waals surface area contributed by atoms with Crippen molar-refractivity contribution in [2.75, 3.05) is 11.9 Å². The van der Waals surface area contributed by atoms with Gasteiger partial charge in [0.05, 0.1) is 12.1 Å². The van der Waals surface area contributed by atoms with Gasteiger partial charge in [0.15, 0.2) is 6.17 Å². The summed E-state index contributed by atoms with van der Waals surface area (Å²) in [6.45, 7) is 6.37. The van der Waals surface area contributed by atoms with Crippen LogP contribution < -0.4 is 10.7 Å². The number of amidine groups is 1. The molecule has 2 fully saturated rings. The highest BCUT2D eigenvalue weighted by Crippen LogP contribution is 2.35. The van der Waals surface area contributed by atoms with Crippen LogP contribution in [0.25, 0.3) is 0 Å². The highest BCUT2D eigenvalue weighted by Gasteiger charge is 2.51. The van der Waals surface area contributed by atoms with Gasteiger partial charge in [-0.1, -0.05) is 51.8 Å². The second-order valence-corrected chi connectivity index (χ2v) is 8.51. The van der Waals surface area contributed by atoms with E-state index in [1.54, 1.807) is 4.90 Å². The van der Waals surface area contributed by atoms with Gasteiger partial charge in [0.1, 0.15) is 12.4 Å². The number of hydrazone groups is 1. The van der Waals surface area contributed by atoms with Crippen LogP contribution in [0.15, 0.2) is 29.4 Å². The maximum atomic E-state index is 13.3. The van der Waals surface area contributed by atoms with Crippen molar-refractivity contribution in [2.45, 2.75) is 71.1 Å². The van der Waals surface area contributed by atoms with Gasteiger partial charge in [-0.15, -0.1) is 0 Å². The third kappa shape index (κ3) is 3.58. The number of rotatable bonds is 5. The number of amides is 2. The predicted molar refractivity (Wildman–Crippen MR) is 113 cm³/mol. The molecular weight excluding hydrogens is 366 g/mol. The van der Waals surface area contributed by atoms with Gasteiger partial charge in [0.2, 0.25) is 5.91 Å². The Morgan fingerprint density at radius 1 is 1.24 bits per heavy atom. The fourth-order valence-electron chi connectivity index (χ4n) is 4.93. The van der Waals surface area contributed by atoms with Gasteiger partial charge in [0.25, 0.3) is 5.91 Å². The molecule has 2 heterocycles. The topological polar surface area (TPSA) is 77.0 Å². The second kappa shape index (κ2) is 8.05. The molecule has 2 aliphatic heterocycles. The van der Waals surface area contributed by atoms with Crippen molar-refractivity contribution in [1.82, 2.24) is 15.2 Å². The number of anilines is 1. The van der Waals surface area contributed by atoms with Gasteiger partial charge < -0.3 is 15.1 Å². The number of fused-ring (bicyclic) bond motifs is 3. The molecule has 3 atom stereocenters. The Morgan fingerprint density at radius 2 is 1.97 bits per heavy atom. The summed E-state index contributed by atoms with van der Waals surface area (Å²) in [4.78, 5) is 30.2. The van der Waals surface area contributed by atoms with Crippen LogP contribution in [0.4, 0.5) is 5.69 Å². The molecule has 29 heavy (non-hydrogen) atoms. The van der Waals surface area contributed by atoms with E-state index in [4.69, 9.17) is 0 Å². The Hall–Kier alpha value is -2.57. The Kier molecular flexibility index (Phi) is 5.48. The minimum absolute atomic E-state index is 0.0496. The Bertz CT molecular complexity index is 821. The van der Waals surface area contributed by atoms with E-state index < -0.39 is 6.17 Å². The first kappa shape index (κ1) is 19.7. The molecule has 1 saturated heterocycles. The molecular formula is C22H31N5O2. The molecule has 2 amide bonds. The first-order valence-electron chi connectivity index (χ1n) is 10.8. The zero-order valence-electron chi connectivity index (χ0n) is 17.5. The summed E-state index contributed by atoms with van der Waals surface area (Å²) >= 11 is 0. The molecule has 3 unspecified atom stereocenters. The lowest BCUT2D eigenvalue weighted by molar-refractivity contribution is -0.151. The molecule has 1 saturated carbocycles. The lowest BCUT2D eigenvalue weighted by atomic mass is 9.85. The van der Waals surface area contributed by atoms with Gasteiger partial charge in [-0.2, -0.15) is 5.10 Å². The average molecular weight is 398 g/mol. The average Bonchev–Trinajstić information content (AvgIpc) is 3.17. The maximum Gasteiger partial charge on any atom is 0.268 e. The highest BCUT2D eigenvalue weighted by molar-refractivity contribution is 5.98. The van der Waals surface area contributed by atoms with Gasteiger partial charge in [-0.05, 0) is 30.9 Å². The van der Waals surface area contributed by atoms with Gasteiger partial charge in [-0.25, -0.2) is 0 Å². The molecule has 0 aromatic heterocycles. The van der Waals surface area contributed by atoms with Crippen LogP contribution in [0, 0.1) is 5.92 Å². The normalized spacial score (nSPS) is 26.0. The van der Waals surface area contributed by atoms with E-state index in [1.807, 2.05) is 24.3 Å². The number of benzene rings is 1. The standard InChI is InChI=1S/C22H31N5O2/c1-4-15-9-5-6-10-16(15)23-19(28)13-26-17-11-7-8-12-18(17)27-20(14(2)3)24-25-21(27)22(26)29/h5-6,9-10,14,17-18,21,25H,4,7-8,11-13H2,1-3H3,(H,23,28). The SMILES string of the molecule is CCc1ccccc1NC(=O)CN1C(=O)C2NN=C(C(C)C)N2C2CCCCC21. The Balaban J connectivity index is 1.53. The largest absolute Gasteiger partial charge is 0.325 e. The molecule has 1 aliphatic carbocycles. The number of nitrogens with zero attached hydrogens (tertiary/aromatic N) is 3. The number of aryl methyl sites for hydroxylation is 1. The molecule has 1 aromatic rings. The quantitative estimate of drug-likeness (QED) is 0.801. The summed E-state index contributed by atoms with van der Waals surface area (Å²) in [6, 6.07) is 8.11. The van der Waals surface area contributed by atoms with Crippen LogP contribution in [0.2, 0.25) is 0 Å². The zero-order valence-corrected chi connectivity index (χ0v) is 17.5. The molecule has 1 aromatic carbocycles. The Labute approximate surface area is 172 Å².